The van der Waals surface area contributed by atoms with Crippen LogP contribution in [0.1, 0.15) is 105 Å². The van der Waals surface area contributed by atoms with Crippen LogP contribution in [0.4, 0.5) is 0 Å². The summed E-state index contributed by atoms with van der Waals surface area (Å²) in [7, 11) is 36.9. The number of hydrogen-bond acceptors (Lipinski definition) is 24. The smallest absolute Gasteiger partial charge is 0.0991 e. The van der Waals surface area contributed by atoms with E-state index in [0.29, 0.717) is 71.9 Å². The lowest BCUT2D eigenvalue weighted by molar-refractivity contribution is -0.0799. The topological polar surface area (TPSA) is 303 Å². The van der Waals surface area contributed by atoms with E-state index in [1.54, 1.807) is 36.4 Å². The van der Waals surface area contributed by atoms with Crippen molar-refractivity contribution in [3.63, 3.8) is 0 Å². The maximum absolute atomic E-state index is 11.2. The number of rotatable bonds is 18. The molecule has 648 valence electrons. The third kappa shape index (κ3) is 26.8. The van der Waals surface area contributed by atoms with Crippen LogP contribution in [0.15, 0.2) is 146 Å². The zero-order valence-corrected chi connectivity index (χ0v) is 75.0. The Morgan fingerprint density at radius 1 is 0.250 bits per heavy atom. The zero-order valence-electron chi connectivity index (χ0n) is 75.0. The second kappa shape index (κ2) is 45.1. The number of piperidine rings is 6. The second-order valence-electron chi connectivity index (χ2n) is 36.5. The quantitative estimate of drug-likeness (QED) is 0.0484. The Bertz CT molecular complexity index is 3770. The van der Waals surface area contributed by atoms with Crippen LogP contribution < -0.4 is 0 Å². The van der Waals surface area contributed by atoms with Gasteiger partial charge >= 0.3 is 0 Å². The van der Waals surface area contributed by atoms with Crippen LogP contribution in [0.3, 0.4) is 0 Å². The highest BCUT2D eigenvalue weighted by Crippen LogP contribution is 2.44. The van der Waals surface area contributed by atoms with Gasteiger partial charge in [-0.1, -0.05) is 72.8 Å². The summed E-state index contributed by atoms with van der Waals surface area (Å²) in [6, 6.07) is 57.4. The summed E-state index contributed by atoms with van der Waals surface area (Å²) < 4.78 is 0. The Morgan fingerprint density at radius 3 is 0.483 bits per heavy atom. The molecule has 120 heavy (non-hydrogen) atoms. The lowest BCUT2D eigenvalue weighted by atomic mass is 9.75. The van der Waals surface area contributed by atoms with Gasteiger partial charge in [-0.15, -0.1) is 0 Å². The van der Waals surface area contributed by atoms with E-state index in [1.807, 2.05) is 194 Å². The Morgan fingerprint density at radius 2 is 0.375 bits per heavy atom. The van der Waals surface area contributed by atoms with Gasteiger partial charge in [0.25, 0.3) is 0 Å². The molecule has 6 saturated heterocycles. The molecule has 0 saturated carbocycles. The first kappa shape index (κ1) is 98.7. The van der Waals surface area contributed by atoms with E-state index in [2.05, 4.69) is 138 Å². The first-order valence-electron chi connectivity index (χ1n) is 42.1. The molecule has 0 aromatic heterocycles. The van der Waals surface area contributed by atoms with Gasteiger partial charge in [0.1, 0.15) is 0 Å². The summed E-state index contributed by atoms with van der Waals surface area (Å²) in [5.74, 6) is 0.862. The van der Waals surface area contributed by atoms with E-state index in [4.69, 9.17) is 31.6 Å². The van der Waals surface area contributed by atoms with Gasteiger partial charge < -0.3 is 89.4 Å². The van der Waals surface area contributed by atoms with Crippen molar-refractivity contribution < 1.29 is 30.6 Å². The highest BCUT2D eigenvalue weighted by molar-refractivity contribution is 5.42. The van der Waals surface area contributed by atoms with Gasteiger partial charge in [-0.25, -0.2) is 0 Å². The average Bonchev–Trinajstić information content (AvgIpc) is 0.812. The lowest BCUT2D eigenvalue weighted by Crippen LogP contribution is -2.52. The molecule has 0 bridgehead atoms. The van der Waals surface area contributed by atoms with E-state index in [0.717, 1.165) is 151 Å². The molecule has 0 spiro atoms. The standard InChI is InChI=1S/6C16H23N3O/c6*1-18(2)11-15-12-19(3)8-7-16(15,20)14-6-4-5-13(9-14)10-17/h6*4-6,9,15,20H,7-8,11-12H2,1-3H3/t2*15-,16+;4*15-,16-/m101100/s1. The van der Waals surface area contributed by atoms with Gasteiger partial charge in [-0.05, 0) is 272 Å². The third-order valence-electron chi connectivity index (χ3n) is 25.0. The van der Waals surface area contributed by atoms with Gasteiger partial charge in [0.05, 0.1) is 103 Å². The van der Waals surface area contributed by atoms with Crippen molar-refractivity contribution in [1.29, 1.82) is 31.6 Å². The maximum Gasteiger partial charge on any atom is 0.0991 e. The maximum atomic E-state index is 11.2. The van der Waals surface area contributed by atoms with Crippen molar-refractivity contribution >= 4 is 0 Å². The molecule has 24 heteroatoms. The molecule has 6 aromatic carbocycles. The molecule has 0 unspecified atom stereocenters. The van der Waals surface area contributed by atoms with Crippen LogP contribution in [-0.4, -0.2) is 334 Å². The minimum absolute atomic E-state index is 0.144. The van der Waals surface area contributed by atoms with Crippen LogP contribution in [0, 0.1) is 103 Å². The molecule has 6 N–H and O–H groups in total. The Labute approximate surface area is 718 Å². The number of nitriles is 6. The fourth-order valence-electron chi connectivity index (χ4n) is 18.4. The SMILES string of the molecule is CN(C)C[C@@H]1CN(C)CC[C@@]1(O)c1cccc(C#N)c1.CN(C)C[C@@H]1CN(C)CC[C@@]1(O)c1cccc(C#N)c1.CN(C)C[C@@H]1CN(C)CC[C@]1(O)c1cccc(C#N)c1.CN(C)C[C@H]1CN(C)CC[C@@]1(O)c1cccc(C#N)c1.CN(C)C[C@H]1CN(C)CC[C@]1(O)c1cccc(C#N)c1.CN(C)C[C@H]1CN(C)CC[C@]1(O)c1cccc(C#N)c1. The number of nitrogens with zero attached hydrogens (tertiary/aromatic N) is 18. The first-order chi connectivity index (χ1) is 56.7. The van der Waals surface area contributed by atoms with Crippen LogP contribution in [0.25, 0.3) is 0 Å². The minimum atomic E-state index is -0.844. The van der Waals surface area contributed by atoms with Gasteiger partial charge in [-0.2, -0.15) is 31.6 Å². The zero-order chi connectivity index (χ0) is 88.5. The summed E-state index contributed by atoms with van der Waals surface area (Å²) in [4.78, 5) is 26.2. The summed E-state index contributed by atoms with van der Waals surface area (Å²) >= 11 is 0. The van der Waals surface area contributed by atoms with E-state index >= 15 is 0 Å². The van der Waals surface area contributed by atoms with Crippen molar-refractivity contribution in [1.82, 2.24) is 58.8 Å². The van der Waals surface area contributed by atoms with Gasteiger partial charge in [-0.3, -0.25) is 0 Å². The normalized spacial score (nSPS) is 27.5. The fourth-order valence-corrected chi connectivity index (χ4v) is 18.4. The Hall–Kier alpha value is -8.46. The predicted octanol–water partition coefficient (Wildman–Crippen LogP) is 7.56. The molecule has 6 aromatic rings. The number of benzene rings is 6. The van der Waals surface area contributed by atoms with Crippen LogP contribution >= 0.6 is 0 Å². The van der Waals surface area contributed by atoms with Crippen molar-refractivity contribution in [2.75, 3.05) is 245 Å². The third-order valence-corrected chi connectivity index (χ3v) is 25.0. The molecule has 0 aliphatic carbocycles. The van der Waals surface area contributed by atoms with Crippen molar-refractivity contribution in [3.05, 3.63) is 212 Å². The average molecular weight is 1640 g/mol. The van der Waals surface area contributed by atoms with Gasteiger partial charge in [0, 0.05) is 153 Å². The second-order valence-corrected chi connectivity index (χ2v) is 36.5. The van der Waals surface area contributed by atoms with E-state index in [9.17, 15) is 30.6 Å². The predicted molar refractivity (Wildman–Crippen MR) is 475 cm³/mol. The molecule has 6 aliphatic rings. The summed E-state index contributed by atoms with van der Waals surface area (Å²) in [6.45, 7) is 15.4. The summed E-state index contributed by atoms with van der Waals surface area (Å²) in [5.41, 5.74) is 3.83. The summed E-state index contributed by atoms with van der Waals surface area (Å²) in [5, 5.41) is 122. The highest BCUT2D eigenvalue weighted by atomic mass is 16.3. The Kier molecular flexibility index (Phi) is 37.1. The molecule has 24 nitrogen and oxygen atoms in total. The molecule has 6 aliphatic heterocycles. The summed E-state index contributed by atoms with van der Waals surface area (Å²) in [6.07, 6.45) is 4.23. The largest absolute Gasteiger partial charge is 0.385 e. The first-order valence-corrected chi connectivity index (χ1v) is 42.1. The molecule has 0 radical (unpaired) electrons. The highest BCUT2D eigenvalue weighted by Gasteiger charge is 2.48. The molecule has 0 amide bonds. The van der Waals surface area contributed by atoms with Crippen LogP contribution in [0.2, 0.25) is 0 Å². The molecule has 12 atom stereocenters. The van der Waals surface area contributed by atoms with E-state index < -0.39 is 33.6 Å². The molecule has 6 fully saturated rings. The van der Waals surface area contributed by atoms with Crippen LogP contribution in [0.5, 0.6) is 0 Å². The molecule has 6 heterocycles. The number of aliphatic hydroxyl groups is 6. The van der Waals surface area contributed by atoms with Gasteiger partial charge in [0.2, 0.25) is 0 Å². The van der Waals surface area contributed by atoms with E-state index in [-0.39, 0.29) is 35.5 Å². The molecule has 12 rings (SSSR count). The Balaban J connectivity index is 0.000000198. The minimum Gasteiger partial charge on any atom is -0.385 e. The fraction of sp³-hybridized carbons (Fsp3) is 0.562. The van der Waals surface area contributed by atoms with Gasteiger partial charge in [0.15, 0.2) is 0 Å². The van der Waals surface area contributed by atoms with Crippen molar-refractivity contribution in [2.45, 2.75) is 72.1 Å². The molecular formula is C96H138N18O6. The van der Waals surface area contributed by atoms with Crippen LogP contribution in [-0.2, 0) is 33.6 Å². The van der Waals surface area contributed by atoms with E-state index in [1.165, 1.54) is 0 Å². The lowest BCUT2D eigenvalue weighted by Gasteiger charge is -2.45. The molecular weight excluding hydrogens is 1500 g/mol. The van der Waals surface area contributed by atoms with Crippen molar-refractivity contribution in [2.24, 2.45) is 35.5 Å². The number of likely N-dealkylation sites (tertiary alicyclic amines) is 6. The number of hydrogen-bond donors (Lipinski definition) is 6. The monoisotopic (exact) mass is 1640 g/mol. The van der Waals surface area contributed by atoms with Crippen molar-refractivity contribution in [3.8, 4) is 36.4 Å².